The molecule has 0 spiro atoms. The normalized spacial score (nSPS) is 13.3. The summed E-state index contributed by atoms with van der Waals surface area (Å²) in [7, 11) is 0. The average molecular weight is 778 g/mol. The van der Waals surface area contributed by atoms with Gasteiger partial charge in [0.1, 0.15) is 6.10 Å². The maximum Gasteiger partial charge on any atom is 0.306 e. The van der Waals surface area contributed by atoms with E-state index in [4.69, 9.17) is 4.74 Å². The van der Waals surface area contributed by atoms with Crippen LogP contribution < -0.4 is 5.32 Å². The highest BCUT2D eigenvalue weighted by Gasteiger charge is 2.24. The Balaban J connectivity index is 4.58. The molecule has 0 aromatic heterocycles. The van der Waals surface area contributed by atoms with Gasteiger partial charge in [-0.2, -0.15) is 0 Å². The summed E-state index contributed by atoms with van der Waals surface area (Å²) in [6, 6.07) is -0.696. The van der Waals surface area contributed by atoms with Crippen LogP contribution in [-0.2, 0) is 14.3 Å². The second-order valence-electron chi connectivity index (χ2n) is 16.9. The van der Waals surface area contributed by atoms with E-state index in [9.17, 15) is 19.8 Å². The summed E-state index contributed by atoms with van der Waals surface area (Å²) < 4.78 is 5.91. The van der Waals surface area contributed by atoms with E-state index in [0.717, 1.165) is 51.4 Å². The van der Waals surface area contributed by atoms with Crippen molar-refractivity contribution >= 4 is 11.9 Å². The molecule has 0 aliphatic heterocycles. The molecule has 3 unspecified atom stereocenters. The summed E-state index contributed by atoms with van der Waals surface area (Å²) >= 11 is 0. The highest BCUT2D eigenvalue weighted by molar-refractivity contribution is 5.77. The number of carbonyl (C=O) groups is 2. The van der Waals surface area contributed by atoms with Crippen LogP contribution in [0.25, 0.3) is 0 Å². The summed E-state index contributed by atoms with van der Waals surface area (Å²) in [5.74, 6) is -0.479. The Kier molecular flexibility index (Phi) is 42.6. The lowest BCUT2D eigenvalue weighted by Crippen LogP contribution is -2.46. The molecule has 6 nitrogen and oxygen atoms in total. The van der Waals surface area contributed by atoms with Crippen LogP contribution in [0.4, 0.5) is 0 Å². The number of hydrogen-bond acceptors (Lipinski definition) is 5. The van der Waals surface area contributed by atoms with Gasteiger partial charge in [-0.05, 0) is 51.4 Å². The van der Waals surface area contributed by atoms with Gasteiger partial charge < -0.3 is 20.3 Å². The van der Waals surface area contributed by atoms with Gasteiger partial charge in [0.15, 0.2) is 0 Å². The van der Waals surface area contributed by atoms with E-state index >= 15 is 0 Å². The Bertz CT molecular complexity index is 832. The van der Waals surface area contributed by atoms with Crippen LogP contribution in [0, 0.1) is 0 Å². The molecule has 0 aromatic rings. The number of aliphatic hydroxyl groups excluding tert-OH is 2. The van der Waals surface area contributed by atoms with Gasteiger partial charge in [-0.1, -0.05) is 213 Å². The van der Waals surface area contributed by atoms with Gasteiger partial charge in [0.2, 0.25) is 5.91 Å². The molecule has 3 atom stereocenters. The van der Waals surface area contributed by atoms with Crippen molar-refractivity contribution in [3.63, 3.8) is 0 Å². The van der Waals surface area contributed by atoms with E-state index in [2.05, 4.69) is 38.2 Å². The third kappa shape index (κ3) is 39.2. The highest BCUT2D eigenvalue weighted by Crippen LogP contribution is 2.18. The largest absolute Gasteiger partial charge is 0.462 e. The first kappa shape index (κ1) is 53.6. The van der Waals surface area contributed by atoms with Crippen molar-refractivity contribution in [3.05, 3.63) is 12.2 Å². The Morgan fingerprint density at radius 1 is 0.509 bits per heavy atom. The number of hydrogen-bond donors (Lipinski definition) is 3. The molecule has 0 saturated carbocycles. The number of allylic oxidation sites excluding steroid dienone is 2. The predicted molar refractivity (Wildman–Crippen MR) is 237 cm³/mol. The van der Waals surface area contributed by atoms with Crippen LogP contribution in [0.3, 0.4) is 0 Å². The van der Waals surface area contributed by atoms with Crippen molar-refractivity contribution in [1.29, 1.82) is 0 Å². The minimum absolute atomic E-state index is 0.0782. The molecule has 0 saturated heterocycles. The van der Waals surface area contributed by atoms with Crippen LogP contribution in [0.1, 0.15) is 265 Å². The molecule has 0 bridgehead atoms. The summed E-state index contributed by atoms with van der Waals surface area (Å²) in [4.78, 5) is 26.0. The smallest absolute Gasteiger partial charge is 0.306 e. The number of carbonyl (C=O) groups excluding carboxylic acids is 2. The Hall–Kier alpha value is -1.40. The molecule has 3 N–H and O–H groups in total. The van der Waals surface area contributed by atoms with Crippen molar-refractivity contribution < 1.29 is 24.5 Å². The number of aliphatic hydroxyl groups is 2. The van der Waals surface area contributed by atoms with Gasteiger partial charge in [0, 0.05) is 6.42 Å². The van der Waals surface area contributed by atoms with Gasteiger partial charge in [0.05, 0.1) is 25.2 Å². The lowest BCUT2D eigenvalue weighted by Gasteiger charge is -2.24. The molecular weight excluding hydrogens is 683 g/mol. The highest BCUT2D eigenvalue weighted by atomic mass is 16.5. The van der Waals surface area contributed by atoms with Crippen molar-refractivity contribution in [3.8, 4) is 0 Å². The van der Waals surface area contributed by atoms with Crippen molar-refractivity contribution in [1.82, 2.24) is 5.32 Å². The monoisotopic (exact) mass is 778 g/mol. The Labute approximate surface area is 342 Å². The number of unbranched alkanes of at least 4 members (excludes halogenated alkanes) is 30. The van der Waals surface area contributed by atoms with E-state index in [0.29, 0.717) is 19.3 Å². The molecule has 55 heavy (non-hydrogen) atoms. The first-order valence-electron chi connectivity index (χ1n) is 24.4. The van der Waals surface area contributed by atoms with Gasteiger partial charge in [-0.3, -0.25) is 9.59 Å². The molecular formula is C49H95NO5. The number of nitrogens with one attached hydrogen (secondary N) is 1. The van der Waals surface area contributed by atoms with Crippen LogP contribution in [0.2, 0.25) is 0 Å². The van der Waals surface area contributed by atoms with E-state index in [1.54, 1.807) is 0 Å². The summed E-state index contributed by atoms with van der Waals surface area (Å²) in [5.41, 5.74) is 0. The zero-order valence-electron chi connectivity index (χ0n) is 37.1. The first-order chi connectivity index (χ1) is 27.0. The number of amides is 1. The fourth-order valence-corrected chi connectivity index (χ4v) is 7.60. The molecule has 326 valence electrons. The second kappa shape index (κ2) is 43.7. The molecule has 0 aliphatic rings. The molecule has 0 heterocycles. The quantitative estimate of drug-likeness (QED) is 0.0325. The van der Waals surface area contributed by atoms with E-state index in [1.165, 1.54) is 167 Å². The fourth-order valence-electron chi connectivity index (χ4n) is 7.60. The molecule has 6 heteroatoms. The van der Waals surface area contributed by atoms with Gasteiger partial charge >= 0.3 is 5.97 Å². The number of rotatable bonds is 44. The summed E-state index contributed by atoms with van der Waals surface area (Å²) in [6.45, 7) is 6.47. The molecule has 0 fully saturated rings. The fraction of sp³-hybridized carbons (Fsp3) is 0.918. The Morgan fingerprint density at radius 2 is 0.873 bits per heavy atom. The molecule has 0 radical (unpaired) electrons. The maximum atomic E-state index is 13.1. The maximum absolute atomic E-state index is 13.1. The SMILES string of the molecule is CCCCCCCC/C=C\CCCCCC(=O)OC(CCCCCCCCCCCCCCC)CC(=O)NC(CO)C(O)CCCCCCCCCCCC. The van der Waals surface area contributed by atoms with Gasteiger partial charge in [0.25, 0.3) is 0 Å². The average Bonchev–Trinajstić information content (AvgIpc) is 3.18. The van der Waals surface area contributed by atoms with E-state index < -0.39 is 18.2 Å². The van der Waals surface area contributed by atoms with Crippen molar-refractivity contribution in [2.75, 3.05) is 6.61 Å². The minimum atomic E-state index is -0.782. The zero-order chi connectivity index (χ0) is 40.3. The van der Waals surface area contributed by atoms with Crippen molar-refractivity contribution in [2.45, 2.75) is 283 Å². The second-order valence-corrected chi connectivity index (χ2v) is 16.9. The van der Waals surface area contributed by atoms with Crippen LogP contribution in [0.5, 0.6) is 0 Å². The third-order valence-corrected chi connectivity index (χ3v) is 11.3. The molecule has 0 aliphatic carbocycles. The number of ether oxygens (including phenoxy) is 1. The first-order valence-corrected chi connectivity index (χ1v) is 24.4. The standard InChI is InChI=1S/C49H95NO5/c1-4-7-10-13-16-19-22-24-26-28-31-34-37-40-45(55-49(54)42-39-36-33-30-27-25-23-20-17-14-11-8-5-2)43-48(53)50-46(44-51)47(52)41-38-35-32-29-21-18-15-12-9-6-3/h25,27,45-47,51-52H,4-24,26,28-44H2,1-3H3,(H,50,53)/b27-25-. The third-order valence-electron chi connectivity index (χ3n) is 11.3. The lowest BCUT2D eigenvalue weighted by molar-refractivity contribution is -0.151. The zero-order valence-corrected chi connectivity index (χ0v) is 37.1. The molecule has 0 aromatic carbocycles. The van der Waals surface area contributed by atoms with Crippen LogP contribution in [0.15, 0.2) is 12.2 Å². The summed E-state index contributed by atoms with van der Waals surface area (Å²) in [6.07, 6.45) is 47.0. The van der Waals surface area contributed by atoms with Crippen molar-refractivity contribution in [2.24, 2.45) is 0 Å². The van der Waals surface area contributed by atoms with E-state index in [1.807, 2.05) is 0 Å². The predicted octanol–water partition coefficient (Wildman–Crippen LogP) is 14.2. The summed E-state index contributed by atoms with van der Waals surface area (Å²) in [5, 5.41) is 23.7. The van der Waals surface area contributed by atoms with E-state index in [-0.39, 0.29) is 24.9 Å². The minimum Gasteiger partial charge on any atom is -0.462 e. The topological polar surface area (TPSA) is 95.9 Å². The molecule has 0 rings (SSSR count). The number of esters is 1. The van der Waals surface area contributed by atoms with Gasteiger partial charge in [-0.25, -0.2) is 0 Å². The Morgan fingerprint density at radius 3 is 1.29 bits per heavy atom. The van der Waals surface area contributed by atoms with Gasteiger partial charge in [-0.15, -0.1) is 0 Å². The molecule has 1 amide bonds. The van der Waals surface area contributed by atoms with Crippen LogP contribution in [-0.4, -0.2) is 46.9 Å². The van der Waals surface area contributed by atoms with Crippen LogP contribution >= 0.6 is 0 Å². The lowest BCUT2D eigenvalue weighted by atomic mass is 10.0.